The lowest BCUT2D eigenvalue weighted by molar-refractivity contribution is -0.383. The summed E-state index contributed by atoms with van der Waals surface area (Å²) in [4.78, 5) is 14.0. The van der Waals surface area contributed by atoms with Gasteiger partial charge in [0, 0.05) is 13.0 Å². The lowest BCUT2D eigenvalue weighted by Gasteiger charge is -1.89. The molecule has 1 aromatic heterocycles. The number of aromatic nitrogens is 1. The number of para-hydroxylation sites is 1. The summed E-state index contributed by atoms with van der Waals surface area (Å²) in [5, 5.41) is 10.5. The molecule has 0 unspecified atom stereocenters. The van der Waals surface area contributed by atoms with Gasteiger partial charge in [-0.2, -0.15) is 0 Å². The molecule has 0 saturated carbocycles. The second kappa shape index (κ2) is 2.55. The second-order valence-electron chi connectivity index (χ2n) is 2.61. The van der Waals surface area contributed by atoms with Crippen LogP contribution in [0, 0.1) is 17.0 Å². The van der Waals surface area contributed by atoms with Crippen molar-refractivity contribution < 1.29 is 9.34 Å². The van der Waals surface area contributed by atoms with Crippen LogP contribution in [0.2, 0.25) is 0 Å². The molecule has 2 aromatic rings. The monoisotopic (exact) mass is 178 g/mol. The Kier molecular flexibility index (Phi) is 1.51. The molecule has 0 radical (unpaired) electrons. The van der Waals surface area contributed by atoms with Crippen LogP contribution >= 0.6 is 0 Å². The second-order valence-corrected chi connectivity index (χ2v) is 2.61. The van der Waals surface area contributed by atoms with Crippen LogP contribution < -0.4 is 0 Å². The highest BCUT2D eigenvalue weighted by Gasteiger charge is 2.15. The molecule has 0 atom stereocenters. The minimum absolute atomic E-state index is 0.0191. The van der Waals surface area contributed by atoms with Crippen molar-refractivity contribution >= 4 is 16.8 Å². The molecule has 0 amide bonds. The predicted molar refractivity (Wildman–Crippen MR) is 45.4 cm³/mol. The number of nitro benzene ring substituents is 1. The third-order valence-corrected chi connectivity index (χ3v) is 1.70. The molecule has 0 spiro atoms. The standard InChI is InChI=1S/C8H6N2O3/c1-5-9-8-6(10(11)12)3-2-4-7(8)13-5/h2-4H,1H3. The molecule has 0 aliphatic heterocycles. The van der Waals surface area contributed by atoms with Crippen LogP contribution in [-0.4, -0.2) is 9.91 Å². The molecular formula is C8H6N2O3. The smallest absolute Gasteiger partial charge is 0.298 e. The summed E-state index contributed by atoms with van der Waals surface area (Å²) in [6.45, 7) is 1.66. The number of hydrogen-bond donors (Lipinski definition) is 0. The van der Waals surface area contributed by atoms with Gasteiger partial charge in [-0.25, -0.2) is 4.98 Å². The molecule has 0 saturated heterocycles. The van der Waals surface area contributed by atoms with E-state index >= 15 is 0 Å². The number of nitro groups is 1. The number of non-ortho nitro benzene ring substituents is 1. The summed E-state index contributed by atoms with van der Waals surface area (Å²) >= 11 is 0. The molecule has 0 N–H and O–H groups in total. The fourth-order valence-corrected chi connectivity index (χ4v) is 1.19. The van der Waals surface area contributed by atoms with E-state index in [-0.39, 0.29) is 5.69 Å². The van der Waals surface area contributed by atoms with E-state index in [1.165, 1.54) is 6.07 Å². The van der Waals surface area contributed by atoms with Crippen molar-refractivity contribution in [2.24, 2.45) is 0 Å². The number of hydrogen-bond acceptors (Lipinski definition) is 4. The zero-order chi connectivity index (χ0) is 9.42. The van der Waals surface area contributed by atoms with Crippen LogP contribution in [0.15, 0.2) is 22.6 Å². The van der Waals surface area contributed by atoms with E-state index in [0.29, 0.717) is 17.0 Å². The van der Waals surface area contributed by atoms with Crippen molar-refractivity contribution in [3.8, 4) is 0 Å². The lowest BCUT2D eigenvalue weighted by atomic mass is 10.3. The summed E-state index contributed by atoms with van der Waals surface area (Å²) < 4.78 is 5.14. The maximum absolute atomic E-state index is 10.5. The minimum Gasteiger partial charge on any atom is -0.441 e. The summed E-state index contributed by atoms with van der Waals surface area (Å²) in [5.41, 5.74) is 0.742. The first-order valence-corrected chi connectivity index (χ1v) is 3.69. The van der Waals surface area contributed by atoms with Gasteiger partial charge < -0.3 is 4.42 Å². The van der Waals surface area contributed by atoms with Crippen LogP contribution in [0.5, 0.6) is 0 Å². The molecule has 1 heterocycles. The molecule has 0 bridgehead atoms. The Balaban J connectivity index is 2.82. The van der Waals surface area contributed by atoms with Gasteiger partial charge >= 0.3 is 0 Å². The number of rotatable bonds is 1. The van der Waals surface area contributed by atoms with E-state index in [1.807, 2.05) is 0 Å². The van der Waals surface area contributed by atoms with E-state index in [0.717, 1.165) is 0 Å². The van der Waals surface area contributed by atoms with Crippen LogP contribution in [0.3, 0.4) is 0 Å². The maximum atomic E-state index is 10.5. The highest BCUT2D eigenvalue weighted by molar-refractivity contribution is 5.82. The summed E-state index contributed by atoms with van der Waals surface area (Å²) in [6.07, 6.45) is 0. The Bertz CT molecular complexity index is 475. The van der Waals surface area contributed by atoms with E-state index in [1.54, 1.807) is 19.1 Å². The van der Waals surface area contributed by atoms with Crippen LogP contribution in [-0.2, 0) is 0 Å². The Morgan fingerprint density at radius 1 is 1.54 bits per heavy atom. The average molecular weight is 178 g/mol. The highest BCUT2D eigenvalue weighted by Crippen LogP contribution is 2.24. The van der Waals surface area contributed by atoms with Gasteiger partial charge in [0.05, 0.1) is 4.92 Å². The van der Waals surface area contributed by atoms with Crippen LogP contribution in [0.4, 0.5) is 5.69 Å². The van der Waals surface area contributed by atoms with Crippen molar-refractivity contribution in [2.75, 3.05) is 0 Å². The zero-order valence-corrected chi connectivity index (χ0v) is 6.85. The number of nitrogens with zero attached hydrogens (tertiary/aromatic N) is 2. The predicted octanol–water partition coefficient (Wildman–Crippen LogP) is 2.04. The molecule has 2 rings (SSSR count). The highest BCUT2D eigenvalue weighted by atomic mass is 16.6. The van der Waals surface area contributed by atoms with Gasteiger partial charge in [-0.1, -0.05) is 6.07 Å². The topological polar surface area (TPSA) is 69.2 Å². The van der Waals surface area contributed by atoms with Crippen molar-refractivity contribution in [3.63, 3.8) is 0 Å². The van der Waals surface area contributed by atoms with Crippen molar-refractivity contribution in [1.29, 1.82) is 0 Å². The SMILES string of the molecule is Cc1nc2c([N+](=O)[O-])cccc2o1. The Morgan fingerprint density at radius 3 is 3.00 bits per heavy atom. The van der Waals surface area contributed by atoms with Crippen LogP contribution in [0.25, 0.3) is 11.1 Å². The number of aryl methyl sites for hydroxylation is 1. The zero-order valence-electron chi connectivity index (χ0n) is 6.85. The number of fused-ring (bicyclic) bond motifs is 1. The molecule has 1 aromatic carbocycles. The first kappa shape index (κ1) is 7.72. The summed E-state index contributed by atoms with van der Waals surface area (Å²) in [5.74, 6) is 0.435. The number of benzene rings is 1. The Labute approximate surface area is 73.1 Å². The third kappa shape index (κ3) is 1.14. The van der Waals surface area contributed by atoms with Gasteiger partial charge in [-0.05, 0) is 6.07 Å². The molecular weight excluding hydrogens is 172 g/mol. The van der Waals surface area contributed by atoms with Gasteiger partial charge in [0.1, 0.15) is 0 Å². The van der Waals surface area contributed by atoms with Crippen LogP contribution in [0.1, 0.15) is 5.89 Å². The van der Waals surface area contributed by atoms with E-state index < -0.39 is 4.92 Å². The van der Waals surface area contributed by atoms with E-state index in [4.69, 9.17) is 4.42 Å². The van der Waals surface area contributed by atoms with Crippen molar-refractivity contribution in [1.82, 2.24) is 4.98 Å². The third-order valence-electron chi connectivity index (χ3n) is 1.70. The number of oxazole rings is 1. The first-order chi connectivity index (χ1) is 6.18. The quantitative estimate of drug-likeness (QED) is 0.495. The molecule has 0 aliphatic rings. The van der Waals surface area contributed by atoms with E-state index in [9.17, 15) is 10.1 Å². The summed E-state index contributed by atoms with van der Waals surface area (Å²) in [6, 6.07) is 4.64. The normalized spacial score (nSPS) is 10.5. The molecule has 0 fully saturated rings. The van der Waals surface area contributed by atoms with Crippen molar-refractivity contribution in [3.05, 3.63) is 34.2 Å². The molecule has 5 heteroatoms. The molecule has 66 valence electrons. The van der Waals surface area contributed by atoms with E-state index in [2.05, 4.69) is 4.98 Å². The Morgan fingerprint density at radius 2 is 2.31 bits per heavy atom. The average Bonchev–Trinajstić information content (AvgIpc) is 2.43. The fraction of sp³-hybridized carbons (Fsp3) is 0.125. The molecule has 0 aliphatic carbocycles. The van der Waals surface area contributed by atoms with Crippen molar-refractivity contribution in [2.45, 2.75) is 6.92 Å². The molecule has 13 heavy (non-hydrogen) atoms. The van der Waals surface area contributed by atoms with Gasteiger partial charge in [0.15, 0.2) is 17.0 Å². The lowest BCUT2D eigenvalue weighted by Crippen LogP contribution is -1.88. The minimum atomic E-state index is -0.468. The van der Waals surface area contributed by atoms with Gasteiger partial charge in [0.2, 0.25) is 0 Å². The first-order valence-electron chi connectivity index (χ1n) is 3.69. The Hall–Kier alpha value is -1.91. The molecule has 5 nitrogen and oxygen atoms in total. The maximum Gasteiger partial charge on any atom is 0.298 e. The summed E-state index contributed by atoms with van der Waals surface area (Å²) in [7, 11) is 0. The van der Waals surface area contributed by atoms with Gasteiger partial charge in [-0.15, -0.1) is 0 Å². The fourth-order valence-electron chi connectivity index (χ4n) is 1.19. The largest absolute Gasteiger partial charge is 0.441 e. The van der Waals surface area contributed by atoms with Gasteiger partial charge in [0.25, 0.3) is 5.69 Å². The van der Waals surface area contributed by atoms with Gasteiger partial charge in [-0.3, -0.25) is 10.1 Å².